The highest BCUT2D eigenvalue weighted by atomic mass is 32.1. The van der Waals surface area contributed by atoms with E-state index in [1.54, 1.807) is 0 Å². The smallest absolute Gasteiger partial charge is 0.292 e. The zero-order valence-corrected chi connectivity index (χ0v) is 10.9. The van der Waals surface area contributed by atoms with Crippen molar-refractivity contribution >= 4 is 18.5 Å². The van der Waals surface area contributed by atoms with Crippen LogP contribution in [-0.2, 0) is 4.74 Å². The minimum Gasteiger partial charge on any atom is -0.386 e. The lowest BCUT2D eigenvalue weighted by Gasteiger charge is -2.33. The molecule has 0 spiro atoms. The Balaban J connectivity index is 2.23. The van der Waals surface area contributed by atoms with Gasteiger partial charge in [0, 0.05) is 0 Å². The fraction of sp³-hybridized carbons (Fsp3) is 0.556. The van der Waals surface area contributed by atoms with Gasteiger partial charge in [-0.3, -0.25) is 10.1 Å². The van der Waals surface area contributed by atoms with Gasteiger partial charge in [-0.2, -0.15) is 0 Å². The Morgan fingerprint density at radius 1 is 1.65 bits per heavy atom. The number of carbonyl (C=O) groups excluding carboxylic acids is 1. The molecule has 8 N–H and O–H groups in total. The lowest BCUT2D eigenvalue weighted by molar-refractivity contribution is -0.256. The lowest BCUT2D eigenvalue weighted by Crippen LogP contribution is -2.62. The minimum atomic E-state index is -2.76. The number of hydrogen-bond donors (Lipinski definition) is 8. The Hall–Kier alpha value is -1.21. The number of nitrogens with two attached hydrogens (primary N) is 1. The van der Waals surface area contributed by atoms with Gasteiger partial charge in [0.25, 0.3) is 11.8 Å². The van der Waals surface area contributed by atoms with Gasteiger partial charge in [0.05, 0.1) is 12.5 Å². The highest BCUT2D eigenvalue weighted by Gasteiger charge is 2.65. The molecule has 0 saturated carbocycles. The number of carbonyl (C=O) groups is 1. The second-order valence-corrected chi connectivity index (χ2v) is 4.99. The number of aliphatic hydroxyl groups excluding tert-OH is 2. The predicted molar refractivity (Wildman–Crippen MR) is 66.0 cm³/mol. The van der Waals surface area contributed by atoms with E-state index in [9.17, 15) is 25.2 Å². The molecule has 2 heterocycles. The number of amides is 1. The summed E-state index contributed by atoms with van der Waals surface area (Å²) in [6, 6.07) is 0. The molecule has 0 aliphatic carbocycles. The maximum atomic E-state index is 11.8. The number of nitrogens with zero attached hydrogens (tertiary/aromatic N) is 1. The Morgan fingerprint density at radius 2 is 2.30 bits per heavy atom. The summed E-state index contributed by atoms with van der Waals surface area (Å²) in [6.07, 6.45) is -2.72. The SMILES string of the molecule is NC(O)[C@H]1O[C@@](O)(NC(=O)c2cnc[nH]2)[C@](O)(S)[C@@H]1O. The lowest BCUT2D eigenvalue weighted by atomic mass is 10.1. The van der Waals surface area contributed by atoms with E-state index in [1.165, 1.54) is 6.33 Å². The van der Waals surface area contributed by atoms with E-state index < -0.39 is 35.2 Å². The molecule has 5 atom stereocenters. The summed E-state index contributed by atoms with van der Waals surface area (Å²) < 4.78 is 4.84. The largest absolute Gasteiger partial charge is 0.386 e. The van der Waals surface area contributed by atoms with Crippen molar-refractivity contribution in [2.75, 3.05) is 0 Å². The summed E-state index contributed by atoms with van der Waals surface area (Å²) in [5, 5.41) is 41.0. The number of imidazole rings is 1. The van der Waals surface area contributed by atoms with Gasteiger partial charge in [0.2, 0.25) is 4.93 Å². The molecule has 10 nitrogen and oxygen atoms in total. The number of aromatic amines is 1. The third-order valence-electron chi connectivity index (χ3n) is 2.89. The molecule has 0 bridgehead atoms. The van der Waals surface area contributed by atoms with Crippen LogP contribution in [0, 0.1) is 0 Å². The van der Waals surface area contributed by atoms with Gasteiger partial charge >= 0.3 is 0 Å². The molecule has 0 radical (unpaired) electrons. The Morgan fingerprint density at radius 3 is 2.75 bits per heavy atom. The highest BCUT2D eigenvalue weighted by Crippen LogP contribution is 2.40. The fourth-order valence-electron chi connectivity index (χ4n) is 1.76. The van der Waals surface area contributed by atoms with E-state index in [0.29, 0.717) is 0 Å². The van der Waals surface area contributed by atoms with Crippen molar-refractivity contribution in [3.05, 3.63) is 18.2 Å². The van der Waals surface area contributed by atoms with Crippen LogP contribution in [0.5, 0.6) is 0 Å². The number of aliphatic hydroxyl groups is 4. The van der Waals surface area contributed by atoms with Gasteiger partial charge < -0.3 is 35.9 Å². The quantitative estimate of drug-likeness (QED) is 0.209. The molecular weight excluding hydrogens is 292 g/mol. The number of rotatable bonds is 3. The van der Waals surface area contributed by atoms with Crippen LogP contribution in [0.3, 0.4) is 0 Å². The summed E-state index contributed by atoms with van der Waals surface area (Å²) in [5.41, 5.74) is 5.11. The van der Waals surface area contributed by atoms with Gasteiger partial charge in [-0.15, -0.1) is 12.6 Å². The molecule has 20 heavy (non-hydrogen) atoms. The van der Waals surface area contributed by atoms with Crippen molar-refractivity contribution in [2.45, 2.75) is 29.3 Å². The molecule has 1 saturated heterocycles. The van der Waals surface area contributed by atoms with Crippen LogP contribution in [0.15, 0.2) is 12.5 Å². The fourth-order valence-corrected chi connectivity index (χ4v) is 2.01. The number of aromatic nitrogens is 2. The first-order chi connectivity index (χ1) is 9.19. The zero-order chi connectivity index (χ0) is 15.1. The topological polar surface area (TPSA) is 174 Å². The number of nitrogens with one attached hydrogen (secondary N) is 2. The van der Waals surface area contributed by atoms with E-state index in [1.807, 2.05) is 5.32 Å². The molecule has 1 aliphatic rings. The van der Waals surface area contributed by atoms with Crippen molar-refractivity contribution in [3.63, 3.8) is 0 Å². The maximum absolute atomic E-state index is 11.8. The van der Waals surface area contributed by atoms with Crippen molar-refractivity contribution < 1.29 is 30.0 Å². The summed E-state index contributed by atoms with van der Waals surface area (Å²) in [6.45, 7) is 0. The van der Waals surface area contributed by atoms with Crippen LogP contribution in [-0.4, -0.2) is 65.6 Å². The third-order valence-corrected chi connectivity index (χ3v) is 3.46. The molecule has 11 heteroatoms. The summed E-state index contributed by atoms with van der Waals surface area (Å²) in [5.74, 6) is -3.64. The van der Waals surface area contributed by atoms with Gasteiger partial charge in [0.1, 0.15) is 24.1 Å². The molecule has 0 aromatic carbocycles. The second kappa shape index (κ2) is 4.96. The summed E-state index contributed by atoms with van der Waals surface area (Å²) in [7, 11) is 0. The maximum Gasteiger partial charge on any atom is 0.292 e. The van der Waals surface area contributed by atoms with Crippen LogP contribution >= 0.6 is 12.6 Å². The Kier molecular flexibility index (Phi) is 3.77. The van der Waals surface area contributed by atoms with Crippen molar-refractivity contribution in [2.24, 2.45) is 5.73 Å². The minimum absolute atomic E-state index is 0.0302. The molecule has 1 amide bonds. The molecule has 1 aromatic rings. The van der Waals surface area contributed by atoms with E-state index >= 15 is 0 Å². The zero-order valence-electron chi connectivity index (χ0n) is 9.96. The number of H-pyrrole nitrogens is 1. The number of ether oxygens (including phenoxy) is 1. The van der Waals surface area contributed by atoms with Crippen molar-refractivity contribution in [1.82, 2.24) is 15.3 Å². The molecule has 1 aliphatic heterocycles. The standard InChI is InChI=1S/C9H14N4O6S/c10-6(15)4-5(14)8(17,20)9(18,19-4)13-7(16)3-1-11-2-12-3/h1-2,4-6,14-15,17-18,20H,10H2,(H,11,12)(H,13,16)/t4-,5+,6?,8+,9+/m0/s1. The third kappa shape index (κ3) is 2.29. The van der Waals surface area contributed by atoms with Gasteiger partial charge in [-0.05, 0) is 0 Å². The van der Waals surface area contributed by atoms with Gasteiger partial charge in [-0.1, -0.05) is 0 Å². The van der Waals surface area contributed by atoms with Crippen molar-refractivity contribution in [1.29, 1.82) is 0 Å². The second-order valence-electron chi connectivity index (χ2n) is 4.31. The average Bonchev–Trinajstić information content (AvgIpc) is 2.92. The molecule has 2 rings (SSSR count). The molecule has 1 unspecified atom stereocenters. The van der Waals surface area contributed by atoms with Crippen LogP contribution in [0.4, 0.5) is 0 Å². The Labute approximate surface area is 118 Å². The molecule has 112 valence electrons. The average molecular weight is 306 g/mol. The normalized spacial score (nSPS) is 38.7. The number of thiol groups is 1. The molecular formula is C9H14N4O6S. The summed E-state index contributed by atoms with van der Waals surface area (Å²) in [4.78, 5) is 15.3. The monoisotopic (exact) mass is 306 g/mol. The van der Waals surface area contributed by atoms with Crippen LogP contribution in [0.25, 0.3) is 0 Å². The van der Waals surface area contributed by atoms with Crippen LogP contribution in [0.2, 0.25) is 0 Å². The van der Waals surface area contributed by atoms with E-state index in [0.717, 1.165) is 6.20 Å². The first kappa shape index (κ1) is 15.2. The van der Waals surface area contributed by atoms with Crippen LogP contribution < -0.4 is 11.1 Å². The van der Waals surface area contributed by atoms with Crippen molar-refractivity contribution in [3.8, 4) is 0 Å². The van der Waals surface area contributed by atoms with E-state index in [4.69, 9.17) is 10.5 Å². The number of hydrogen-bond acceptors (Lipinski definition) is 9. The Bertz CT molecular complexity index is 495. The predicted octanol–water partition coefficient (Wildman–Crippen LogP) is -3.56. The van der Waals surface area contributed by atoms with Gasteiger partial charge in [0.15, 0.2) is 0 Å². The first-order valence-corrected chi connectivity index (χ1v) is 5.91. The highest BCUT2D eigenvalue weighted by molar-refractivity contribution is 7.81. The molecule has 1 fully saturated rings. The van der Waals surface area contributed by atoms with Crippen LogP contribution in [0.1, 0.15) is 10.5 Å². The molecule has 1 aromatic heterocycles. The summed E-state index contributed by atoms with van der Waals surface area (Å²) >= 11 is 3.67. The van der Waals surface area contributed by atoms with E-state index in [2.05, 4.69) is 22.6 Å². The first-order valence-electron chi connectivity index (χ1n) is 5.46. The van der Waals surface area contributed by atoms with E-state index in [-0.39, 0.29) is 5.69 Å². The van der Waals surface area contributed by atoms with Gasteiger partial charge in [-0.25, -0.2) is 4.98 Å².